The first-order valence-electron chi connectivity index (χ1n) is 5.44. The second kappa shape index (κ2) is 4.79. The Balaban J connectivity index is 2.40. The molecule has 0 N–H and O–H groups in total. The van der Waals surface area contributed by atoms with Crippen molar-refractivity contribution in [2.45, 2.75) is 13.5 Å². The summed E-state index contributed by atoms with van der Waals surface area (Å²) in [7, 11) is 0. The maximum atomic E-state index is 10.7. The molecule has 1 amide bonds. The molecule has 81 valence electrons. The van der Waals surface area contributed by atoms with E-state index in [9.17, 15) is 4.79 Å². The number of carbonyl (C=O) groups excluding carboxylic acids is 1. The van der Waals surface area contributed by atoms with Crippen LogP contribution >= 0.6 is 0 Å². The Morgan fingerprint density at radius 2 is 1.88 bits per heavy atom. The zero-order valence-electron chi connectivity index (χ0n) is 9.31. The van der Waals surface area contributed by atoms with Crippen molar-refractivity contribution in [1.29, 1.82) is 0 Å². The summed E-state index contributed by atoms with van der Waals surface area (Å²) in [5, 5.41) is 2.42. The second-order valence-electron chi connectivity index (χ2n) is 3.74. The predicted octanol–water partition coefficient (Wildman–Crippen LogP) is 2.73. The fourth-order valence-corrected chi connectivity index (χ4v) is 1.84. The molecule has 0 bridgehead atoms. The SMILES string of the molecule is CCN([C]=O)Cc1cccc2ccccc12. The lowest BCUT2D eigenvalue weighted by Gasteiger charge is -2.15. The van der Waals surface area contributed by atoms with Gasteiger partial charge in [0.05, 0.1) is 0 Å². The smallest absolute Gasteiger partial charge is 0.312 e. The van der Waals surface area contributed by atoms with Crippen molar-refractivity contribution in [2.75, 3.05) is 6.54 Å². The molecule has 0 atom stereocenters. The summed E-state index contributed by atoms with van der Waals surface area (Å²) in [5.41, 5.74) is 1.17. The maximum absolute atomic E-state index is 10.7. The molecular formula is C14H14NO. The van der Waals surface area contributed by atoms with Crippen LogP contribution in [0, 0.1) is 0 Å². The van der Waals surface area contributed by atoms with E-state index in [1.807, 2.05) is 31.5 Å². The molecule has 0 aliphatic heterocycles. The highest BCUT2D eigenvalue weighted by atomic mass is 16.1. The molecule has 2 heteroatoms. The van der Waals surface area contributed by atoms with E-state index in [-0.39, 0.29) is 0 Å². The molecule has 0 aliphatic rings. The zero-order valence-corrected chi connectivity index (χ0v) is 9.31. The molecule has 16 heavy (non-hydrogen) atoms. The molecule has 2 aromatic carbocycles. The number of amides is 1. The quantitative estimate of drug-likeness (QED) is 0.713. The Kier molecular flexibility index (Phi) is 3.20. The number of hydrogen-bond acceptors (Lipinski definition) is 1. The highest BCUT2D eigenvalue weighted by molar-refractivity contribution is 5.85. The molecule has 2 nitrogen and oxygen atoms in total. The van der Waals surface area contributed by atoms with E-state index in [0.29, 0.717) is 13.1 Å². The molecule has 0 saturated carbocycles. The van der Waals surface area contributed by atoms with Crippen molar-refractivity contribution in [3.8, 4) is 0 Å². The van der Waals surface area contributed by atoms with E-state index in [0.717, 1.165) is 0 Å². The molecule has 0 fully saturated rings. The molecule has 0 heterocycles. The van der Waals surface area contributed by atoms with Crippen molar-refractivity contribution in [3.63, 3.8) is 0 Å². The summed E-state index contributed by atoms with van der Waals surface area (Å²) < 4.78 is 0. The van der Waals surface area contributed by atoms with Crippen LogP contribution in [0.4, 0.5) is 0 Å². The minimum absolute atomic E-state index is 0.626. The highest BCUT2D eigenvalue weighted by Gasteiger charge is 2.04. The van der Waals surface area contributed by atoms with Crippen molar-refractivity contribution in [2.24, 2.45) is 0 Å². The topological polar surface area (TPSA) is 20.3 Å². The zero-order chi connectivity index (χ0) is 11.4. The summed E-state index contributed by atoms with van der Waals surface area (Å²) in [4.78, 5) is 12.3. The van der Waals surface area contributed by atoms with Crippen LogP contribution in [0.1, 0.15) is 12.5 Å². The van der Waals surface area contributed by atoms with E-state index in [1.165, 1.54) is 16.3 Å². The summed E-state index contributed by atoms with van der Waals surface area (Å²) in [6, 6.07) is 14.4. The molecule has 2 aromatic rings. The Hall–Kier alpha value is -1.83. The van der Waals surface area contributed by atoms with E-state index in [4.69, 9.17) is 0 Å². The molecular weight excluding hydrogens is 198 g/mol. The van der Waals surface area contributed by atoms with Crippen molar-refractivity contribution < 1.29 is 4.79 Å². The first-order chi connectivity index (χ1) is 7.85. The fourth-order valence-electron chi connectivity index (χ4n) is 1.84. The van der Waals surface area contributed by atoms with Crippen LogP contribution in [0.2, 0.25) is 0 Å². The van der Waals surface area contributed by atoms with Gasteiger partial charge in [-0.05, 0) is 23.3 Å². The van der Waals surface area contributed by atoms with Crippen LogP contribution < -0.4 is 0 Å². The maximum Gasteiger partial charge on any atom is 0.312 e. The Morgan fingerprint density at radius 3 is 2.62 bits per heavy atom. The molecule has 0 saturated heterocycles. The molecule has 0 spiro atoms. The normalized spacial score (nSPS) is 10.3. The summed E-state index contributed by atoms with van der Waals surface area (Å²) in [6.45, 7) is 3.27. The highest BCUT2D eigenvalue weighted by Crippen LogP contribution is 2.19. The van der Waals surface area contributed by atoms with Gasteiger partial charge in [-0.3, -0.25) is 4.79 Å². The van der Waals surface area contributed by atoms with Crippen LogP contribution in [0.15, 0.2) is 42.5 Å². The van der Waals surface area contributed by atoms with Gasteiger partial charge in [-0.25, -0.2) is 0 Å². The van der Waals surface area contributed by atoms with Gasteiger partial charge in [0, 0.05) is 13.1 Å². The molecule has 0 unspecified atom stereocenters. The van der Waals surface area contributed by atoms with Gasteiger partial charge < -0.3 is 4.90 Å². The van der Waals surface area contributed by atoms with Crippen LogP contribution in [-0.2, 0) is 11.3 Å². The first-order valence-corrected chi connectivity index (χ1v) is 5.44. The van der Waals surface area contributed by atoms with Gasteiger partial charge in [-0.2, -0.15) is 0 Å². The number of benzene rings is 2. The average Bonchev–Trinajstić information content (AvgIpc) is 2.36. The lowest BCUT2D eigenvalue weighted by Crippen LogP contribution is -2.20. The van der Waals surface area contributed by atoms with Gasteiger partial charge in [-0.1, -0.05) is 42.5 Å². The van der Waals surface area contributed by atoms with Crippen molar-refractivity contribution >= 4 is 17.2 Å². The van der Waals surface area contributed by atoms with Crippen LogP contribution in [0.5, 0.6) is 0 Å². The molecule has 0 aliphatic carbocycles. The van der Waals surface area contributed by atoms with E-state index in [2.05, 4.69) is 24.3 Å². The van der Waals surface area contributed by atoms with Gasteiger partial charge in [0.15, 0.2) is 0 Å². The van der Waals surface area contributed by atoms with Gasteiger partial charge >= 0.3 is 6.41 Å². The fraction of sp³-hybridized carbons (Fsp3) is 0.214. The number of rotatable bonds is 4. The van der Waals surface area contributed by atoms with Gasteiger partial charge in [-0.15, -0.1) is 0 Å². The third-order valence-corrected chi connectivity index (χ3v) is 2.75. The average molecular weight is 212 g/mol. The molecule has 0 aromatic heterocycles. The van der Waals surface area contributed by atoms with E-state index in [1.54, 1.807) is 4.90 Å². The van der Waals surface area contributed by atoms with Gasteiger partial charge in [0.25, 0.3) is 0 Å². The Bertz CT molecular complexity index is 488. The standard InChI is InChI=1S/C14H14NO/c1-2-15(11-16)10-13-8-5-7-12-6-3-4-9-14(12)13/h3-9H,2,10H2,1H3. The Labute approximate surface area is 95.5 Å². The van der Waals surface area contributed by atoms with Crippen LogP contribution in [0.25, 0.3) is 10.8 Å². The first kappa shape index (κ1) is 10.7. The lowest BCUT2D eigenvalue weighted by atomic mass is 10.0. The number of nitrogens with zero attached hydrogens (tertiary/aromatic N) is 1. The summed E-state index contributed by atoms with van der Waals surface area (Å²) >= 11 is 0. The molecule has 2 rings (SSSR count). The third kappa shape index (κ3) is 2.06. The van der Waals surface area contributed by atoms with Crippen molar-refractivity contribution in [3.05, 3.63) is 48.0 Å². The summed E-state index contributed by atoms with van der Waals surface area (Å²) in [6.07, 6.45) is 1.95. The van der Waals surface area contributed by atoms with Gasteiger partial charge in [0.1, 0.15) is 0 Å². The van der Waals surface area contributed by atoms with Gasteiger partial charge in [0.2, 0.25) is 0 Å². The van der Waals surface area contributed by atoms with Crippen LogP contribution in [0.3, 0.4) is 0 Å². The van der Waals surface area contributed by atoms with Crippen LogP contribution in [-0.4, -0.2) is 17.9 Å². The predicted molar refractivity (Wildman–Crippen MR) is 65.7 cm³/mol. The number of fused-ring (bicyclic) bond motifs is 1. The van der Waals surface area contributed by atoms with E-state index >= 15 is 0 Å². The largest absolute Gasteiger partial charge is 0.330 e. The van der Waals surface area contributed by atoms with E-state index < -0.39 is 0 Å². The molecule has 1 radical (unpaired) electrons. The summed E-state index contributed by atoms with van der Waals surface area (Å²) in [5.74, 6) is 0. The number of hydrogen-bond donors (Lipinski definition) is 0. The minimum Gasteiger partial charge on any atom is -0.330 e. The Morgan fingerprint density at radius 1 is 1.12 bits per heavy atom. The minimum atomic E-state index is 0.626. The lowest BCUT2D eigenvalue weighted by molar-refractivity contribution is 0.390. The third-order valence-electron chi connectivity index (χ3n) is 2.75. The monoisotopic (exact) mass is 212 g/mol. The van der Waals surface area contributed by atoms with Crippen molar-refractivity contribution in [1.82, 2.24) is 4.90 Å². The second-order valence-corrected chi connectivity index (χ2v) is 3.74.